The number of pyridine rings is 2. The van der Waals surface area contributed by atoms with Crippen molar-refractivity contribution in [2.75, 3.05) is 6.54 Å². The summed E-state index contributed by atoms with van der Waals surface area (Å²) in [5.74, 6) is -1.21. The second-order valence-electron chi connectivity index (χ2n) is 10.0. The van der Waals surface area contributed by atoms with Crippen molar-refractivity contribution in [1.29, 1.82) is 0 Å². The summed E-state index contributed by atoms with van der Waals surface area (Å²) in [6, 6.07) is 6.79. The lowest BCUT2D eigenvalue weighted by Crippen LogP contribution is -2.47. The van der Waals surface area contributed by atoms with Gasteiger partial charge in [-0.05, 0) is 35.9 Å². The number of carbonyl (C=O) groups is 2. The van der Waals surface area contributed by atoms with Crippen LogP contribution in [0, 0.1) is 0 Å². The maximum atomic E-state index is 13.8. The Morgan fingerprint density at radius 1 is 1.32 bits per heavy atom. The van der Waals surface area contributed by atoms with E-state index in [2.05, 4.69) is 19.7 Å². The van der Waals surface area contributed by atoms with Gasteiger partial charge in [0.25, 0.3) is 5.56 Å². The molecule has 0 fully saturated rings. The van der Waals surface area contributed by atoms with E-state index in [1.807, 2.05) is 5.70 Å². The number of esters is 2. The number of hydrogen-bond donors (Lipinski definition) is 2. The minimum Gasteiger partial charge on any atom is -0.508 e. The van der Waals surface area contributed by atoms with Gasteiger partial charge < -0.3 is 24.9 Å². The first-order chi connectivity index (χ1) is 17.6. The van der Waals surface area contributed by atoms with Crippen LogP contribution in [0.15, 0.2) is 41.3 Å². The third-order valence-corrected chi connectivity index (χ3v) is 10.3. The Bertz CT molecular complexity index is 1560. The molecule has 1 atom stereocenters. The Kier molecular flexibility index (Phi) is 5.84. The Morgan fingerprint density at radius 2 is 2.08 bits per heavy atom. The van der Waals surface area contributed by atoms with Gasteiger partial charge in [0.1, 0.15) is 20.4 Å². The van der Waals surface area contributed by atoms with Crippen LogP contribution in [0.1, 0.15) is 36.5 Å². The molecule has 0 aliphatic carbocycles. The number of nitrogens with zero attached hydrogens (tertiary/aromatic N) is 2. The highest BCUT2D eigenvalue weighted by Crippen LogP contribution is 2.41. The van der Waals surface area contributed by atoms with Crippen molar-refractivity contribution in [1.82, 2.24) is 9.55 Å². The number of fused-ring (bicyclic) bond motifs is 5. The number of phenolic OH excluding ortho intramolecular Hbond substituents is 1. The van der Waals surface area contributed by atoms with Crippen LogP contribution in [0.5, 0.6) is 5.75 Å². The molecular formula is C27H29N3O6Si. The number of phenols is 1. The van der Waals surface area contributed by atoms with Crippen LogP contribution in [0.25, 0.3) is 22.3 Å². The quantitative estimate of drug-likeness (QED) is 0.293. The van der Waals surface area contributed by atoms with Gasteiger partial charge >= 0.3 is 11.9 Å². The van der Waals surface area contributed by atoms with Crippen molar-refractivity contribution in [3.8, 4) is 17.1 Å². The molecule has 0 spiro atoms. The monoisotopic (exact) mass is 519 g/mol. The molecule has 3 aromatic rings. The van der Waals surface area contributed by atoms with Crippen molar-refractivity contribution in [2.24, 2.45) is 5.73 Å². The van der Waals surface area contributed by atoms with Gasteiger partial charge in [-0.15, -0.1) is 6.58 Å². The lowest BCUT2D eigenvalue weighted by Gasteiger charge is -2.35. The number of rotatable bonds is 6. The first-order valence-corrected chi connectivity index (χ1v) is 15.3. The first kappa shape index (κ1) is 24.9. The van der Waals surface area contributed by atoms with E-state index in [0.29, 0.717) is 22.5 Å². The standard InChI is InChI=1S/C27H29N3O6Si/c1-5-27(36-22(32)9-10-28)19-12-21-23-17(13-30(21)25(33)18(19)14-35-26(27)34)24(37(3,4)6-2)16-11-15(31)7-8-20(16)29-23/h6-8,11-12,31H,2,5,9-10,13-14,28H2,1,3-4H3. The van der Waals surface area contributed by atoms with Gasteiger partial charge in [0.2, 0.25) is 5.60 Å². The number of benzene rings is 1. The fourth-order valence-electron chi connectivity index (χ4n) is 5.43. The average molecular weight is 520 g/mol. The molecule has 2 aromatic heterocycles. The Balaban J connectivity index is 1.81. The lowest BCUT2D eigenvalue weighted by molar-refractivity contribution is -0.189. The van der Waals surface area contributed by atoms with Gasteiger partial charge in [0.05, 0.1) is 35.4 Å². The minimum absolute atomic E-state index is 0.0673. The topological polar surface area (TPSA) is 134 Å². The Morgan fingerprint density at radius 3 is 2.76 bits per heavy atom. The summed E-state index contributed by atoms with van der Waals surface area (Å²) in [4.78, 5) is 44.2. The Labute approximate surface area is 214 Å². The van der Waals surface area contributed by atoms with Crippen LogP contribution in [-0.2, 0) is 37.8 Å². The predicted molar refractivity (Wildman–Crippen MR) is 141 cm³/mol. The number of hydrogen-bond acceptors (Lipinski definition) is 8. The van der Waals surface area contributed by atoms with Crippen molar-refractivity contribution in [3.05, 3.63) is 63.6 Å². The molecule has 4 heterocycles. The normalized spacial score (nSPS) is 18.1. The van der Waals surface area contributed by atoms with E-state index >= 15 is 0 Å². The third-order valence-electron chi connectivity index (χ3n) is 7.43. The van der Waals surface area contributed by atoms with Crippen LogP contribution in [-0.4, -0.2) is 41.2 Å². The second kappa shape index (κ2) is 8.67. The molecule has 9 nitrogen and oxygen atoms in total. The summed E-state index contributed by atoms with van der Waals surface area (Å²) >= 11 is 0. The zero-order valence-electron chi connectivity index (χ0n) is 21.1. The van der Waals surface area contributed by atoms with Crippen molar-refractivity contribution < 1.29 is 24.2 Å². The van der Waals surface area contributed by atoms with Gasteiger partial charge in [-0.1, -0.05) is 25.7 Å². The molecular weight excluding hydrogens is 490 g/mol. The fraction of sp³-hybridized carbons (Fsp3) is 0.333. The number of nitrogens with two attached hydrogens (primary N) is 1. The Hall–Kier alpha value is -3.76. The van der Waals surface area contributed by atoms with E-state index in [1.165, 1.54) is 0 Å². The minimum atomic E-state index is -2.23. The van der Waals surface area contributed by atoms with Crippen LogP contribution in [0.4, 0.5) is 0 Å². The summed E-state index contributed by atoms with van der Waals surface area (Å²) < 4.78 is 12.7. The highest BCUT2D eigenvalue weighted by atomic mass is 28.3. The molecule has 1 aromatic carbocycles. The molecule has 5 rings (SSSR count). The number of aromatic hydroxyl groups is 1. The molecule has 0 saturated carbocycles. The van der Waals surface area contributed by atoms with E-state index in [1.54, 1.807) is 35.8 Å². The lowest BCUT2D eigenvalue weighted by atomic mass is 9.85. The van der Waals surface area contributed by atoms with E-state index < -0.39 is 25.6 Å². The number of aromatic nitrogens is 2. The largest absolute Gasteiger partial charge is 0.508 e. The second-order valence-corrected chi connectivity index (χ2v) is 14.4. The highest BCUT2D eigenvalue weighted by Gasteiger charge is 2.50. The summed E-state index contributed by atoms with van der Waals surface area (Å²) in [7, 11) is -2.23. The molecule has 0 saturated heterocycles. The van der Waals surface area contributed by atoms with E-state index in [4.69, 9.17) is 20.2 Å². The molecule has 2 aliphatic rings. The van der Waals surface area contributed by atoms with E-state index in [0.717, 1.165) is 16.1 Å². The summed E-state index contributed by atoms with van der Waals surface area (Å²) in [5, 5.41) is 12.1. The summed E-state index contributed by atoms with van der Waals surface area (Å²) in [5.41, 5.74) is 8.79. The molecule has 0 radical (unpaired) electrons. The van der Waals surface area contributed by atoms with Gasteiger partial charge in [0.15, 0.2) is 0 Å². The third kappa shape index (κ3) is 3.62. The molecule has 37 heavy (non-hydrogen) atoms. The molecule has 3 N–H and O–H groups in total. The maximum Gasteiger partial charge on any atom is 0.355 e. The molecule has 2 aliphatic heterocycles. The van der Waals surface area contributed by atoms with Crippen molar-refractivity contribution in [2.45, 2.75) is 51.6 Å². The van der Waals surface area contributed by atoms with Crippen LogP contribution >= 0.6 is 0 Å². The van der Waals surface area contributed by atoms with E-state index in [-0.39, 0.29) is 49.4 Å². The van der Waals surface area contributed by atoms with Gasteiger partial charge in [-0.25, -0.2) is 9.78 Å². The number of ether oxygens (including phenoxy) is 2. The highest BCUT2D eigenvalue weighted by molar-refractivity contribution is 6.95. The predicted octanol–water partition coefficient (Wildman–Crippen LogP) is 2.33. The molecule has 0 bridgehead atoms. The van der Waals surface area contributed by atoms with Crippen LogP contribution < -0.4 is 16.5 Å². The smallest absolute Gasteiger partial charge is 0.355 e. The molecule has 1 unspecified atom stereocenters. The zero-order chi connectivity index (χ0) is 26.7. The molecule has 10 heteroatoms. The van der Waals surface area contributed by atoms with Crippen molar-refractivity contribution in [3.63, 3.8) is 0 Å². The SMILES string of the molecule is C=C[Si](C)(C)c1c2c(nc3ccc(O)cc13)-c1cc3c(c(=O)n1C2)COC(=O)C3(CC)OC(=O)CCN. The number of cyclic esters (lactones) is 1. The zero-order valence-corrected chi connectivity index (χ0v) is 22.1. The summed E-state index contributed by atoms with van der Waals surface area (Å²) in [6.07, 6.45) is 0.0269. The van der Waals surface area contributed by atoms with Crippen molar-refractivity contribution >= 4 is 36.1 Å². The fourth-order valence-corrected chi connectivity index (χ4v) is 7.50. The van der Waals surface area contributed by atoms with E-state index in [9.17, 15) is 19.5 Å². The summed E-state index contributed by atoms with van der Waals surface area (Å²) in [6.45, 7) is 10.2. The van der Waals surface area contributed by atoms with Gasteiger partial charge in [-0.2, -0.15) is 0 Å². The van der Waals surface area contributed by atoms with Gasteiger partial charge in [-0.3, -0.25) is 9.59 Å². The maximum absolute atomic E-state index is 13.8. The van der Waals surface area contributed by atoms with Gasteiger partial charge in [0, 0.05) is 23.1 Å². The van der Waals surface area contributed by atoms with Crippen LogP contribution in [0.2, 0.25) is 13.1 Å². The average Bonchev–Trinajstić information content (AvgIpc) is 3.22. The van der Waals surface area contributed by atoms with Crippen LogP contribution in [0.3, 0.4) is 0 Å². The molecule has 192 valence electrons. The molecule has 0 amide bonds. The first-order valence-electron chi connectivity index (χ1n) is 12.2. The number of carbonyl (C=O) groups excluding carboxylic acids is 2.